The van der Waals surface area contributed by atoms with E-state index in [0.717, 1.165) is 4.90 Å². The number of aromatic nitrogens is 2. The van der Waals surface area contributed by atoms with Gasteiger partial charge in [-0.3, -0.25) is 4.79 Å². The zero-order chi connectivity index (χ0) is 17.1. The monoisotopic (exact) mass is 364 g/mol. The van der Waals surface area contributed by atoms with E-state index in [0.29, 0.717) is 47.5 Å². The van der Waals surface area contributed by atoms with Gasteiger partial charge in [-0.1, -0.05) is 23.4 Å². The summed E-state index contributed by atoms with van der Waals surface area (Å²) in [6.07, 6.45) is 2.68. The van der Waals surface area contributed by atoms with Crippen LogP contribution in [0.25, 0.3) is 0 Å². The molecule has 3 N–H and O–H groups in total. The third kappa shape index (κ3) is 3.73. The summed E-state index contributed by atoms with van der Waals surface area (Å²) in [5.41, 5.74) is 6.78. The minimum atomic E-state index is -0.732. The number of benzene rings is 1. The number of nitrogens with two attached hydrogens (primary N) is 1. The number of nitrogens with zero attached hydrogens (tertiary/aromatic N) is 3. The Labute approximate surface area is 149 Å². The number of carboxylic acid groups (broad SMARTS) is 1. The van der Waals surface area contributed by atoms with Crippen LogP contribution in [0.1, 0.15) is 12.8 Å². The fourth-order valence-corrected chi connectivity index (χ4v) is 3.58. The average Bonchev–Trinajstić information content (AvgIpc) is 2.59. The van der Waals surface area contributed by atoms with Crippen molar-refractivity contribution in [2.45, 2.75) is 22.8 Å². The minimum Gasteiger partial charge on any atom is -0.481 e. The number of aliphatic carboxylic acids is 1. The zero-order valence-electron chi connectivity index (χ0n) is 12.9. The van der Waals surface area contributed by atoms with Crippen LogP contribution in [0, 0.1) is 5.92 Å². The fourth-order valence-electron chi connectivity index (χ4n) is 2.66. The minimum absolute atomic E-state index is 0.285. The van der Waals surface area contributed by atoms with E-state index in [9.17, 15) is 4.79 Å². The molecule has 2 heterocycles. The summed E-state index contributed by atoms with van der Waals surface area (Å²) in [5.74, 6) is -0.346. The molecule has 126 valence electrons. The molecule has 8 heteroatoms. The predicted molar refractivity (Wildman–Crippen MR) is 94.6 cm³/mol. The third-order valence-corrected chi connectivity index (χ3v) is 5.28. The molecule has 1 aromatic heterocycles. The molecular formula is C16H17ClN4O2S. The Morgan fingerprint density at radius 2 is 1.92 bits per heavy atom. The van der Waals surface area contributed by atoms with Crippen LogP contribution in [0.5, 0.6) is 0 Å². The molecule has 0 unspecified atom stereocenters. The van der Waals surface area contributed by atoms with Crippen molar-refractivity contribution < 1.29 is 9.90 Å². The van der Waals surface area contributed by atoms with Gasteiger partial charge >= 0.3 is 5.97 Å². The summed E-state index contributed by atoms with van der Waals surface area (Å²) in [7, 11) is 0. The number of halogens is 1. The molecule has 1 aromatic carbocycles. The van der Waals surface area contributed by atoms with E-state index in [2.05, 4.69) is 9.97 Å². The van der Waals surface area contributed by atoms with E-state index in [1.165, 1.54) is 18.1 Å². The summed E-state index contributed by atoms with van der Waals surface area (Å²) >= 11 is 7.35. The van der Waals surface area contributed by atoms with Crippen molar-refractivity contribution in [3.63, 3.8) is 0 Å². The van der Waals surface area contributed by atoms with Crippen molar-refractivity contribution in [3.8, 4) is 0 Å². The molecule has 1 fully saturated rings. The molecule has 0 atom stereocenters. The molecule has 0 radical (unpaired) electrons. The largest absolute Gasteiger partial charge is 0.481 e. The molecule has 0 aliphatic carbocycles. The van der Waals surface area contributed by atoms with Gasteiger partial charge in [-0.05, 0) is 37.1 Å². The predicted octanol–water partition coefficient (Wildman–Crippen LogP) is 3.16. The van der Waals surface area contributed by atoms with Gasteiger partial charge in [0.05, 0.1) is 5.92 Å². The van der Waals surface area contributed by atoms with Crippen LogP contribution in [0.2, 0.25) is 5.02 Å². The molecule has 0 bridgehead atoms. The molecule has 2 aromatic rings. The second kappa shape index (κ2) is 7.27. The first kappa shape index (κ1) is 16.9. The number of carboxylic acids is 1. The smallest absolute Gasteiger partial charge is 0.306 e. The Balaban J connectivity index is 1.76. The normalized spacial score (nSPS) is 15.5. The van der Waals surface area contributed by atoms with Crippen molar-refractivity contribution in [3.05, 3.63) is 35.6 Å². The van der Waals surface area contributed by atoms with Gasteiger partial charge < -0.3 is 15.7 Å². The van der Waals surface area contributed by atoms with E-state index in [1.54, 1.807) is 0 Å². The van der Waals surface area contributed by atoms with Crippen LogP contribution < -0.4 is 10.6 Å². The maximum Gasteiger partial charge on any atom is 0.306 e. The SMILES string of the molecule is Nc1c(Sc2ccc(Cl)cc2)ncnc1N1CCC(C(=O)O)CC1. The van der Waals surface area contributed by atoms with Crippen LogP contribution in [0.3, 0.4) is 0 Å². The summed E-state index contributed by atoms with van der Waals surface area (Å²) in [6, 6.07) is 7.46. The van der Waals surface area contributed by atoms with Gasteiger partial charge in [0.25, 0.3) is 0 Å². The van der Waals surface area contributed by atoms with E-state index in [-0.39, 0.29) is 5.92 Å². The quantitative estimate of drug-likeness (QED) is 0.805. The molecule has 6 nitrogen and oxygen atoms in total. The van der Waals surface area contributed by atoms with Gasteiger partial charge in [-0.15, -0.1) is 0 Å². The van der Waals surface area contributed by atoms with Crippen molar-refractivity contribution in [2.75, 3.05) is 23.7 Å². The molecule has 1 saturated heterocycles. The van der Waals surface area contributed by atoms with Crippen LogP contribution in [-0.2, 0) is 4.79 Å². The number of piperidine rings is 1. The second-order valence-corrected chi connectivity index (χ2v) is 7.07. The molecule has 1 aliphatic rings. The van der Waals surface area contributed by atoms with E-state index < -0.39 is 5.97 Å². The number of anilines is 2. The first-order chi connectivity index (χ1) is 11.5. The third-order valence-electron chi connectivity index (χ3n) is 4.00. The van der Waals surface area contributed by atoms with Crippen LogP contribution >= 0.6 is 23.4 Å². The lowest BCUT2D eigenvalue weighted by molar-refractivity contribution is -0.142. The van der Waals surface area contributed by atoms with E-state index >= 15 is 0 Å². The Morgan fingerprint density at radius 1 is 1.25 bits per heavy atom. The van der Waals surface area contributed by atoms with E-state index in [4.69, 9.17) is 22.4 Å². The molecule has 0 saturated carbocycles. The average molecular weight is 365 g/mol. The maximum absolute atomic E-state index is 11.1. The highest BCUT2D eigenvalue weighted by atomic mass is 35.5. The van der Waals surface area contributed by atoms with Crippen LogP contribution in [0.15, 0.2) is 40.5 Å². The standard InChI is InChI=1S/C16H17ClN4O2S/c17-11-1-3-12(4-2-11)24-15-13(18)14(19-9-20-15)21-7-5-10(6-8-21)16(22)23/h1-4,9-10H,5-8,18H2,(H,22,23). The van der Waals surface area contributed by atoms with Crippen molar-refractivity contribution in [1.29, 1.82) is 0 Å². The maximum atomic E-state index is 11.1. The van der Waals surface area contributed by atoms with Gasteiger partial charge in [0.1, 0.15) is 17.0 Å². The summed E-state index contributed by atoms with van der Waals surface area (Å²) in [4.78, 5) is 22.6. The Kier molecular flexibility index (Phi) is 5.11. The molecule has 0 spiro atoms. The number of hydrogen-bond acceptors (Lipinski definition) is 6. The first-order valence-electron chi connectivity index (χ1n) is 7.56. The molecular weight excluding hydrogens is 348 g/mol. The van der Waals surface area contributed by atoms with Crippen LogP contribution in [-0.4, -0.2) is 34.1 Å². The first-order valence-corrected chi connectivity index (χ1v) is 8.75. The summed E-state index contributed by atoms with van der Waals surface area (Å²) < 4.78 is 0. The van der Waals surface area contributed by atoms with Crippen molar-refractivity contribution in [2.24, 2.45) is 5.92 Å². The fraction of sp³-hybridized carbons (Fsp3) is 0.312. The van der Waals surface area contributed by atoms with Gasteiger partial charge in [0, 0.05) is 23.0 Å². The molecule has 24 heavy (non-hydrogen) atoms. The van der Waals surface area contributed by atoms with Crippen molar-refractivity contribution in [1.82, 2.24) is 9.97 Å². The lowest BCUT2D eigenvalue weighted by Gasteiger charge is -2.31. The Hall–Kier alpha value is -1.99. The lowest BCUT2D eigenvalue weighted by atomic mass is 9.97. The van der Waals surface area contributed by atoms with E-state index in [1.807, 2.05) is 29.2 Å². The highest BCUT2D eigenvalue weighted by Gasteiger charge is 2.26. The number of carbonyl (C=O) groups is 1. The number of nitrogen functional groups attached to an aromatic ring is 1. The number of rotatable bonds is 4. The Bertz CT molecular complexity index is 733. The summed E-state index contributed by atoms with van der Waals surface area (Å²) in [6.45, 7) is 1.26. The highest BCUT2D eigenvalue weighted by Crippen LogP contribution is 2.35. The molecule has 1 aliphatic heterocycles. The summed E-state index contributed by atoms with van der Waals surface area (Å²) in [5, 5.41) is 10.5. The number of hydrogen-bond donors (Lipinski definition) is 2. The molecule has 0 amide bonds. The lowest BCUT2D eigenvalue weighted by Crippen LogP contribution is -2.37. The van der Waals surface area contributed by atoms with Gasteiger partial charge in [-0.25, -0.2) is 9.97 Å². The van der Waals surface area contributed by atoms with Gasteiger partial charge in [0.2, 0.25) is 0 Å². The van der Waals surface area contributed by atoms with Crippen LogP contribution in [0.4, 0.5) is 11.5 Å². The highest BCUT2D eigenvalue weighted by molar-refractivity contribution is 7.99. The van der Waals surface area contributed by atoms with Crippen molar-refractivity contribution >= 4 is 40.8 Å². The Morgan fingerprint density at radius 3 is 2.54 bits per heavy atom. The van der Waals surface area contributed by atoms with Gasteiger partial charge in [-0.2, -0.15) is 0 Å². The zero-order valence-corrected chi connectivity index (χ0v) is 14.4. The molecule has 3 rings (SSSR count). The topological polar surface area (TPSA) is 92.3 Å². The second-order valence-electron chi connectivity index (χ2n) is 5.57. The van der Waals surface area contributed by atoms with Gasteiger partial charge in [0.15, 0.2) is 5.82 Å².